The van der Waals surface area contributed by atoms with Crippen LogP contribution in [0.5, 0.6) is 5.75 Å². The lowest BCUT2D eigenvalue weighted by Gasteiger charge is -2.06. The number of ether oxygens (including phenoxy) is 1. The molecule has 0 atom stereocenters. The van der Waals surface area contributed by atoms with Gasteiger partial charge in [0.05, 0.1) is 23.2 Å². The maximum atomic E-state index is 12.2. The highest BCUT2D eigenvalue weighted by molar-refractivity contribution is 5.92. The Hall–Kier alpha value is -3.15. The van der Waals surface area contributed by atoms with Gasteiger partial charge in [0.2, 0.25) is 0 Å². The Labute approximate surface area is 137 Å². The summed E-state index contributed by atoms with van der Waals surface area (Å²) in [6, 6.07) is 11.9. The minimum absolute atomic E-state index is 0.133. The first-order valence-corrected chi connectivity index (χ1v) is 7.55. The van der Waals surface area contributed by atoms with Crippen molar-refractivity contribution in [2.45, 2.75) is 13.3 Å². The number of nitrogens with zero attached hydrogens (tertiary/aromatic N) is 1. The fourth-order valence-electron chi connectivity index (χ4n) is 2.44. The third-order valence-electron chi connectivity index (χ3n) is 3.62. The van der Waals surface area contributed by atoms with Gasteiger partial charge in [-0.3, -0.25) is 4.79 Å². The van der Waals surface area contributed by atoms with Crippen LogP contribution in [-0.2, 0) is 6.42 Å². The molecule has 24 heavy (non-hydrogen) atoms. The lowest BCUT2D eigenvalue weighted by molar-refractivity contribution is 0.0697. The molecule has 0 unspecified atom stereocenters. The van der Waals surface area contributed by atoms with Gasteiger partial charge in [-0.1, -0.05) is 12.1 Å². The van der Waals surface area contributed by atoms with E-state index < -0.39 is 5.97 Å². The predicted octanol–water partition coefficient (Wildman–Crippen LogP) is 2.61. The number of H-pyrrole nitrogens is 1. The van der Waals surface area contributed by atoms with Crippen molar-refractivity contribution in [2.24, 2.45) is 0 Å². The molecule has 0 saturated carbocycles. The molecule has 2 N–H and O–H groups in total. The molecule has 0 aliphatic carbocycles. The van der Waals surface area contributed by atoms with Gasteiger partial charge in [0.15, 0.2) is 0 Å². The number of aromatic amines is 1. The molecule has 122 valence electrons. The third kappa shape index (κ3) is 3.27. The Morgan fingerprint density at radius 2 is 1.96 bits per heavy atom. The van der Waals surface area contributed by atoms with E-state index in [1.54, 1.807) is 6.07 Å². The van der Waals surface area contributed by atoms with Crippen LogP contribution in [0.3, 0.4) is 0 Å². The SMILES string of the molecule is CCOc1ccc(Cc2nc3cc(C(=O)O)ccc3[nH]c2=O)cc1. The summed E-state index contributed by atoms with van der Waals surface area (Å²) >= 11 is 0. The highest BCUT2D eigenvalue weighted by Crippen LogP contribution is 2.15. The molecule has 0 radical (unpaired) electrons. The molecule has 0 aliphatic heterocycles. The topological polar surface area (TPSA) is 92.3 Å². The van der Waals surface area contributed by atoms with Gasteiger partial charge in [-0.15, -0.1) is 0 Å². The summed E-state index contributed by atoms with van der Waals surface area (Å²) in [6.45, 7) is 2.51. The molecule has 0 amide bonds. The van der Waals surface area contributed by atoms with Crippen LogP contribution in [0, 0.1) is 0 Å². The highest BCUT2D eigenvalue weighted by atomic mass is 16.5. The first-order chi connectivity index (χ1) is 11.6. The Kier molecular flexibility index (Phi) is 4.29. The van der Waals surface area contributed by atoms with Gasteiger partial charge in [-0.2, -0.15) is 0 Å². The summed E-state index contributed by atoms with van der Waals surface area (Å²) in [6.07, 6.45) is 0.356. The summed E-state index contributed by atoms with van der Waals surface area (Å²) in [7, 11) is 0. The van der Waals surface area contributed by atoms with E-state index in [2.05, 4.69) is 9.97 Å². The molecule has 1 heterocycles. The van der Waals surface area contributed by atoms with Gasteiger partial charge < -0.3 is 14.8 Å². The number of carboxylic acid groups (broad SMARTS) is 1. The van der Waals surface area contributed by atoms with Crippen molar-refractivity contribution in [3.63, 3.8) is 0 Å². The molecule has 6 heteroatoms. The zero-order chi connectivity index (χ0) is 17.1. The molecule has 3 aromatic rings. The quantitative estimate of drug-likeness (QED) is 0.752. The van der Waals surface area contributed by atoms with Gasteiger partial charge >= 0.3 is 5.97 Å². The molecule has 2 aromatic carbocycles. The van der Waals surface area contributed by atoms with Crippen LogP contribution < -0.4 is 10.3 Å². The maximum Gasteiger partial charge on any atom is 0.335 e. The van der Waals surface area contributed by atoms with E-state index in [9.17, 15) is 9.59 Å². The van der Waals surface area contributed by atoms with Crippen LogP contribution in [0.15, 0.2) is 47.3 Å². The number of aromatic carboxylic acids is 1. The van der Waals surface area contributed by atoms with E-state index in [-0.39, 0.29) is 11.1 Å². The number of carbonyl (C=O) groups is 1. The molecule has 0 aliphatic rings. The zero-order valence-electron chi connectivity index (χ0n) is 13.1. The minimum atomic E-state index is -1.03. The number of carboxylic acids is 1. The van der Waals surface area contributed by atoms with Crippen molar-refractivity contribution < 1.29 is 14.6 Å². The van der Waals surface area contributed by atoms with Crippen LogP contribution >= 0.6 is 0 Å². The summed E-state index contributed by atoms with van der Waals surface area (Å²) in [5.41, 5.74) is 2.09. The van der Waals surface area contributed by atoms with Gasteiger partial charge in [0, 0.05) is 6.42 Å². The van der Waals surface area contributed by atoms with Crippen LogP contribution in [0.1, 0.15) is 28.5 Å². The van der Waals surface area contributed by atoms with Crippen LogP contribution in [-0.4, -0.2) is 27.7 Å². The van der Waals surface area contributed by atoms with E-state index in [0.29, 0.717) is 29.8 Å². The normalized spacial score (nSPS) is 10.7. The van der Waals surface area contributed by atoms with Crippen LogP contribution in [0.4, 0.5) is 0 Å². The minimum Gasteiger partial charge on any atom is -0.494 e. The lowest BCUT2D eigenvalue weighted by atomic mass is 10.1. The van der Waals surface area contributed by atoms with E-state index in [4.69, 9.17) is 9.84 Å². The van der Waals surface area contributed by atoms with Gasteiger partial charge in [-0.25, -0.2) is 9.78 Å². The summed E-state index contributed by atoms with van der Waals surface area (Å²) < 4.78 is 5.39. The zero-order valence-corrected chi connectivity index (χ0v) is 13.1. The van der Waals surface area contributed by atoms with E-state index >= 15 is 0 Å². The predicted molar refractivity (Wildman–Crippen MR) is 89.7 cm³/mol. The molecule has 0 fully saturated rings. The highest BCUT2D eigenvalue weighted by Gasteiger charge is 2.09. The first-order valence-electron chi connectivity index (χ1n) is 7.55. The number of rotatable bonds is 5. The van der Waals surface area contributed by atoms with E-state index in [0.717, 1.165) is 11.3 Å². The standard InChI is InChI=1S/C18H16N2O4/c1-2-24-13-6-3-11(4-7-13)9-16-17(21)20-14-8-5-12(18(22)23)10-15(14)19-16/h3-8,10H,2,9H2,1H3,(H,20,21)(H,22,23). The molecular formula is C18H16N2O4. The Morgan fingerprint density at radius 3 is 2.62 bits per heavy atom. The summed E-state index contributed by atoms with van der Waals surface area (Å²) in [4.78, 5) is 30.3. The summed E-state index contributed by atoms with van der Waals surface area (Å²) in [5.74, 6) is -0.259. The number of aromatic nitrogens is 2. The number of hydrogen-bond donors (Lipinski definition) is 2. The largest absolute Gasteiger partial charge is 0.494 e. The number of fused-ring (bicyclic) bond motifs is 1. The van der Waals surface area contributed by atoms with Crippen molar-refractivity contribution in [3.05, 3.63) is 69.6 Å². The van der Waals surface area contributed by atoms with Crippen molar-refractivity contribution in [1.82, 2.24) is 9.97 Å². The fourth-order valence-corrected chi connectivity index (χ4v) is 2.44. The molecule has 0 bridgehead atoms. The van der Waals surface area contributed by atoms with Crippen molar-refractivity contribution >= 4 is 17.0 Å². The van der Waals surface area contributed by atoms with Crippen molar-refractivity contribution in [3.8, 4) is 5.75 Å². The second kappa shape index (κ2) is 6.54. The number of hydrogen-bond acceptors (Lipinski definition) is 4. The lowest BCUT2D eigenvalue weighted by Crippen LogP contribution is -2.15. The Bertz CT molecular complexity index is 945. The molecule has 1 aromatic heterocycles. The Morgan fingerprint density at radius 1 is 1.21 bits per heavy atom. The van der Waals surface area contributed by atoms with Crippen molar-refractivity contribution in [2.75, 3.05) is 6.61 Å². The number of benzene rings is 2. The fraction of sp³-hybridized carbons (Fsp3) is 0.167. The van der Waals surface area contributed by atoms with Gasteiger partial charge in [0.25, 0.3) is 5.56 Å². The van der Waals surface area contributed by atoms with Gasteiger partial charge in [0.1, 0.15) is 11.4 Å². The molecule has 0 spiro atoms. The molecule has 3 rings (SSSR count). The Balaban J connectivity index is 1.94. The smallest absolute Gasteiger partial charge is 0.335 e. The van der Waals surface area contributed by atoms with Gasteiger partial charge in [-0.05, 0) is 42.8 Å². The van der Waals surface area contributed by atoms with E-state index in [1.165, 1.54) is 12.1 Å². The number of nitrogens with one attached hydrogen (secondary N) is 1. The average Bonchev–Trinajstić information content (AvgIpc) is 2.57. The van der Waals surface area contributed by atoms with E-state index in [1.807, 2.05) is 31.2 Å². The first kappa shape index (κ1) is 15.7. The van der Waals surface area contributed by atoms with Crippen LogP contribution in [0.2, 0.25) is 0 Å². The molecular weight excluding hydrogens is 308 g/mol. The maximum absolute atomic E-state index is 12.2. The molecule has 6 nitrogen and oxygen atoms in total. The van der Waals surface area contributed by atoms with Crippen molar-refractivity contribution in [1.29, 1.82) is 0 Å². The third-order valence-corrected chi connectivity index (χ3v) is 3.62. The monoisotopic (exact) mass is 324 g/mol. The second-order valence-corrected chi connectivity index (χ2v) is 5.30. The summed E-state index contributed by atoms with van der Waals surface area (Å²) in [5, 5.41) is 9.06. The molecule has 0 saturated heterocycles. The second-order valence-electron chi connectivity index (χ2n) is 5.30. The van der Waals surface area contributed by atoms with Crippen LogP contribution in [0.25, 0.3) is 11.0 Å². The average molecular weight is 324 g/mol.